The summed E-state index contributed by atoms with van der Waals surface area (Å²) in [5.41, 5.74) is 8.09. The highest BCUT2D eigenvalue weighted by Crippen LogP contribution is 2.56. The molecular weight excluding hydrogens is 427 g/mol. The molecule has 3 aromatic rings. The molecule has 0 amide bonds. The molecule has 0 saturated carbocycles. The molecule has 3 aromatic carbocycles. The largest absolute Gasteiger partial charge is 0.107 e. The van der Waals surface area contributed by atoms with E-state index in [1.54, 1.807) is 0 Å². The van der Waals surface area contributed by atoms with Gasteiger partial charge < -0.3 is 0 Å². The number of allylic oxidation sites excluding steroid dienone is 4. The topological polar surface area (TPSA) is 0 Å². The van der Waals surface area contributed by atoms with E-state index in [0.717, 1.165) is 12.8 Å². The van der Waals surface area contributed by atoms with Crippen molar-refractivity contribution in [2.45, 2.75) is 18.3 Å². The Morgan fingerprint density at radius 1 is 0.615 bits per heavy atom. The van der Waals surface area contributed by atoms with Gasteiger partial charge in [0.05, 0.1) is 5.41 Å². The number of fused-ring (bicyclic) bond motifs is 3. The van der Waals surface area contributed by atoms with Crippen LogP contribution >= 0.6 is 24.0 Å². The third-order valence-corrected chi connectivity index (χ3v) is 5.59. The Balaban J connectivity index is 0.00000168. The summed E-state index contributed by atoms with van der Waals surface area (Å²) in [5.74, 6) is 0. The van der Waals surface area contributed by atoms with Gasteiger partial charge in [-0.3, -0.25) is 0 Å². The number of hydrogen-bond acceptors (Lipinski definition) is 0. The van der Waals surface area contributed by atoms with Gasteiger partial charge in [-0.15, -0.1) is 24.0 Å². The van der Waals surface area contributed by atoms with Crippen molar-refractivity contribution in [3.63, 3.8) is 0 Å². The zero-order valence-electron chi connectivity index (χ0n) is 14.6. The number of benzene rings is 3. The van der Waals surface area contributed by atoms with Crippen LogP contribution in [0.5, 0.6) is 0 Å². The minimum atomic E-state index is -0.203. The standard InChI is InChI=1S/C25H20.HI/c1-3-11-19(12-4-1)25(20-13-5-2-6-14-20)23-17-9-7-15-21(23)22-16-8-10-18-24(22)25;/h1,3-5,7-18H,2,6H2;1H. The molecule has 0 saturated heterocycles. The van der Waals surface area contributed by atoms with Gasteiger partial charge in [0.25, 0.3) is 0 Å². The van der Waals surface area contributed by atoms with Crippen molar-refractivity contribution in [3.05, 3.63) is 119 Å². The average Bonchev–Trinajstić information content (AvgIpc) is 3.01. The zero-order valence-corrected chi connectivity index (χ0v) is 16.9. The number of halogens is 1. The van der Waals surface area contributed by atoms with E-state index in [2.05, 4.69) is 97.1 Å². The van der Waals surface area contributed by atoms with Gasteiger partial charge in [-0.05, 0) is 46.2 Å². The Bertz CT molecular complexity index is 950. The molecule has 0 aliphatic heterocycles. The molecule has 26 heavy (non-hydrogen) atoms. The van der Waals surface area contributed by atoms with Gasteiger partial charge in [-0.2, -0.15) is 0 Å². The fourth-order valence-corrected chi connectivity index (χ4v) is 4.60. The molecule has 128 valence electrons. The highest BCUT2D eigenvalue weighted by molar-refractivity contribution is 14.0. The van der Waals surface area contributed by atoms with E-state index in [1.807, 2.05) is 0 Å². The van der Waals surface area contributed by atoms with Crippen LogP contribution in [0, 0.1) is 0 Å². The molecule has 0 fully saturated rings. The maximum absolute atomic E-state index is 2.44. The highest BCUT2D eigenvalue weighted by Gasteiger charge is 2.46. The van der Waals surface area contributed by atoms with Crippen LogP contribution in [0.1, 0.15) is 29.5 Å². The highest BCUT2D eigenvalue weighted by atomic mass is 127. The molecule has 0 bridgehead atoms. The Hall–Kier alpha value is -2.13. The lowest BCUT2D eigenvalue weighted by molar-refractivity contribution is 0.751. The van der Waals surface area contributed by atoms with Crippen LogP contribution < -0.4 is 0 Å². The molecule has 2 aliphatic rings. The van der Waals surface area contributed by atoms with E-state index in [0.29, 0.717) is 0 Å². The van der Waals surface area contributed by atoms with Crippen molar-refractivity contribution in [2.24, 2.45) is 0 Å². The smallest absolute Gasteiger partial charge is 0.0710 e. The van der Waals surface area contributed by atoms with E-state index in [1.165, 1.54) is 33.4 Å². The maximum Gasteiger partial charge on any atom is 0.0710 e. The molecule has 5 rings (SSSR count). The Kier molecular flexibility index (Phi) is 4.58. The summed E-state index contributed by atoms with van der Waals surface area (Å²) in [4.78, 5) is 0. The quantitative estimate of drug-likeness (QED) is 0.375. The molecule has 0 heterocycles. The monoisotopic (exact) mass is 448 g/mol. The third kappa shape index (κ3) is 2.34. The summed E-state index contributed by atoms with van der Waals surface area (Å²) in [5, 5.41) is 0. The molecule has 0 atom stereocenters. The van der Waals surface area contributed by atoms with E-state index in [9.17, 15) is 0 Å². The Morgan fingerprint density at radius 2 is 1.19 bits per heavy atom. The summed E-state index contributed by atoms with van der Waals surface area (Å²) in [6.45, 7) is 0. The summed E-state index contributed by atoms with van der Waals surface area (Å²) in [6, 6.07) is 28.8. The van der Waals surface area contributed by atoms with Gasteiger partial charge >= 0.3 is 0 Å². The molecular formula is C25H21I. The van der Waals surface area contributed by atoms with Gasteiger partial charge in [-0.1, -0.05) is 97.1 Å². The average molecular weight is 448 g/mol. The number of rotatable bonds is 2. The predicted molar refractivity (Wildman–Crippen MR) is 120 cm³/mol. The first-order valence-electron chi connectivity index (χ1n) is 9.04. The second kappa shape index (κ2) is 6.88. The van der Waals surface area contributed by atoms with Crippen molar-refractivity contribution in [2.75, 3.05) is 0 Å². The molecule has 0 N–H and O–H groups in total. The minimum absolute atomic E-state index is 0. The van der Waals surface area contributed by atoms with Gasteiger partial charge in [0, 0.05) is 0 Å². The molecule has 0 nitrogen and oxygen atoms in total. The molecule has 0 spiro atoms. The number of hydrogen-bond donors (Lipinski definition) is 0. The zero-order chi connectivity index (χ0) is 16.7. The Labute approximate surface area is 172 Å². The lowest BCUT2D eigenvalue weighted by atomic mass is 9.66. The molecule has 0 unspecified atom stereocenters. The van der Waals surface area contributed by atoms with E-state index in [-0.39, 0.29) is 29.4 Å². The van der Waals surface area contributed by atoms with Crippen LogP contribution in [-0.2, 0) is 5.41 Å². The van der Waals surface area contributed by atoms with E-state index < -0.39 is 0 Å². The van der Waals surface area contributed by atoms with Crippen molar-refractivity contribution in [3.8, 4) is 11.1 Å². The SMILES string of the molecule is C1=CC(C2(c3ccccc3)c3ccccc3-c3ccccc32)=CCC1.I. The first kappa shape index (κ1) is 17.3. The first-order valence-corrected chi connectivity index (χ1v) is 9.04. The second-order valence-electron chi connectivity index (χ2n) is 6.85. The molecule has 0 aromatic heterocycles. The predicted octanol–water partition coefficient (Wildman–Crippen LogP) is 6.90. The van der Waals surface area contributed by atoms with Crippen molar-refractivity contribution in [1.82, 2.24) is 0 Å². The van der Waals surface area contributed by atoms with Crippen LogP contribution in [0.15, 0.2) is 103 Å². The van der Waals surface area contributed by atoms with Crippen LogP contribution in [0.2, 0.25) is 0 Å². The van der Waals surface area contributed by atoms with E-state index >= 15 is 0 Å². The summed E-state index contributed by atoms with van der Waals surface area (Å²) < 4.78 is 0. The fraction of sp³-hybridized carbons (Fsp3) is 0.120. The summed E-state index contributed by atoms with van der Waals surface area (Å²) in [7, 11) is 0. The van der Waals surface area contributed by atoms with Crippen molar-refractivity contribution >= 4 is 24.0 Å². The van der Waals surface area contributed by atoms with Crippen molar-refractivity contribution < 1.29 is 0 Å². The first-order chi connectivity index (χ1) is 12.4. The third-order valence-electron chi connectivity index (χ3n) is 5.59. The van der Waals surface area contributed by atoms with Gasteiger partial charge in [0.15, 0.2) is 0 Å². The van der Waals surface area contributed by atoms with Crippen LogP contribution in [-0.4, -0.2) is 0 Å². The normalized spacial score (nSPS) is 16.2. The van der Waals surface area contributed by atoms with Gasteiger partial charge in [0.1, 0.15) is 0 Å². The lowest BCUT2D eigenvalue weighted by Crippen LogP contribution is -2.29. The molecule has 1 heteroatoms. The summed E-state index contributed by atoms with van der Waals surface area (Å²) >= 11 is 0. The van der Waals surface area contributed by atoms with Gasteiger partial charge in [0.2, 0.25) is 0 Å². The van der Waals surface area contributed by atoms with E-state index in [4.69, 9.17) is 0 Å². The fourth-order valence-electron chi connectivity index (χ4n) is 4.60. The summed E-state index contributed by atoms with van der Waals surface area (Å²) in [6.07, 6.45) is 9.35. The minimum Gasteiger partial charge on any atom is -0.107 e. The second-order valence-corrected chi connectivity index (χ2v) is 6.85. The molecule has 0 radical (unpaired) electrons. The van der Waals surface area contributed by atoms with Crippen LogP contribution in [0.25, 0.3) is 11.1 Å². The Morgan fingerprint density at radius 3 is 1.77 bits per heavy atom. The van der Waals surface area contributed by atoms with Crippen LogP contribution in [0.3, 0.4) is 0 Å². The maximum atomic E-state index is 2.44. The van der Waals surface area contributed by atoms with Crippen LogP contribution in [0.4, 0.5) is 0 Å². The van der Waals surface area contributed by atoms with Crippen molar-refractivity contribution in [1.29, 1.82) is 0 Å². The molecule has 2 aliphatic carbocycles. The van der Waals surface area contributed by atoms with Gasteiger partial charge in [-0.25, -0.2) is 0 Å². The lowest BCUT2D eigenvalue weighted by Gasteiger charge is -2.35.